The molecule has 5 nitrogen and oxygen atoms in total. The van der Waals surface area contributed by atoms with Crippen LogP contribution in [0, 0.1) is 0 Å². The topological polar surface area (TPSA) is 76.7 Å². The second kappa shape index (κ2) is 5.77. The number of nitrogens with one attached hydrogen (secondary N) is 1. The molecule has 80 valence electrons. The van der Waals surface area contributed by atoms with Gasteiger partial charge in [-0.2, -0.15) is 5.10 Å². The van der Waals surface area contributed by atoms with Crippen molar-refractivity contribution in [2.45, 2.75) is 6.92 Å². The molecule has 0 spiro atoms. The van der Waals surface area contributed by atoms with Crippen LogP contribution in [0.25, 0.3) is 0 Å². The fourth-order valence-electron chi connectivity index (χ4n) is 0.805. The van der Waals surface area contributed by atoms with Crippen LogP contribution < -0.4 is 15.9 Å². The molecular formula is C10H13N3O2. The Bertz CT molecular complexity index is 349. The van der Waals surface area contributed by atoms with E-state index in [4.69, 9.17) is 10.5 Å². The zero-order chi connectivity index (χ0) is 11.1. The summed E-state index contributed by atoms with van der Waals surface area (Å²) >= 11 is 0. The molecule has 0 aliphatic heterocycles. The number of nitrogens with zero attached hydrogens (tertiary/aromatic N) is 1. The fourth-order valence-corrected chi connectivity index (χ4v) is 0.805. The predicted molar refractivity (Wildman–Crippen MR) is 57.8 cm³/mol. The minimum absolute atomic E-state index is 0.297. The van der Waals surface area contributed by atoms with Crippen LogP contribution in [0.1, 0.15) is 6.92 Å². The first-order valence-electron chi connectivity index (χ1n) is 4.48. The number of ether oxygens (including phenoxy) is 1. The van der Waals surface area contributed by atoms with E-state index in [9.17, 15) is 4.79 Å². The molecule has 0 aliphatic carbocycles. The van der Waals surface area contributed by atoms with Gasteiger partial charge in [0, 0.05) is 12.3 Å². The first-order valence-corrected chi connectivity index (χ1v) is 4.48. The van der Waals surface area contributed by atoms with Crippen LogP contribution in [0.3, 0.4) is 0 Å². The number of hydrazone groups is 1. The van der Waals surface area contributed by atoms with Gasteiger partial charge in [0.25, 0.3) is 0 Å². The van der Waals surface area contributed by atoms with Gasteiger partial charge in [0.2, 0.25) is 0 Å². The lowest BCUT2D eigenvalue weighted by molar-refractivity contribution is 0.201. The monoisotopic (exact) mass is 207 g/mol. The Balaban J connectivity index is 2.44. The number of hydrogen-bond donors (Lipinski definition) is 2. The molecule has 0 atom stereocenters. The molecule has 1 rings (SSSR count). The summed E-state index contributed by atoms with van der Waals surface area (Å²) in [6.45, 7) is 2.01. The molecule has 0 aromatic heterocycles. The van der Waals surface area contributed by atoms with Crippen LogP contribution in [0.5, 0.6) is 5.75 Å². The van der Waals surface area contributed by atoms with Gasteiger partial charge >= 0.3 is 6.09 Å². The van der Waals surface area contributed by atoms with Crippen LogP contribution in [0.4, 0.5) is 4.79 Å². The molecule has 15 heavy (non-hydrogen) atoms. The molecule has 0 saturated heterocycles. The van der Waals surface area contributed by atoms with Crippen molar-refractivity contribution in [2.24, 2.45) is 10.8 Å². The van der Waals surface area contributed by atoms with Gasteiger partial charge in [-0.15, -0.1) is 0 Å². The number of para-hydroxylation sites is 1. The summed E-state index contributed by atoms with van der Waals surface area (Å²) in [5.41, 5.74) is 8.14. The number of carbonyl (C=O) groups excluding carboxylic acids is 1. The van der Waals surface area contributed by atoms with Gasteiger partial charge in [-0.05, 0) is 19.1 Å². The van der Waals surface area contributed by atoms with Crippen LogP contribution >= 0.6 is 0 Å². The molecule has 1 aromatic carbocycles. The minimum Gasteiger partial charge on any atom is -0.409 e. The highest BCUT2D eigenvalue weighted by molar-refractivity contribution is 5.84. The van der Waals surface area contributed by atoms with E-state index >= 15 is 0 Å². The second-order valence-corrected chi connectivity index (χ2v) is 2.87. The number of rotatable bonds is 3. The van der Waals surface area contributed by atoms with E-state index in [1.807, 2.05) is 6.07 Å². The zero-order valence-corrected chi connectivity index (χ0v) is 8.43. The van der Waals surface area contributed by atoms with Gasteiger partial charge in [0.15, 0.2) is 0 Å². The van der Waals surface area contributed by atoms with E-state index in [1.165, 1.54) is 0 Å². The molecule has 0 fully saturated rings. The Morgan fingerprint density at radius 3 is 2.73 bits per heavy atom. The maximum atomic E-state index is 11.2. The Kier molecular flexibility index (Phi) is 4.30. The van der Waals surface area contributed by atoms with Crippen molar-refractivity contribution >= 4 is 11.8 Å². The van der Waals surface area contributed by atoms with E-state index in [2.05, 4.69) is 10.5 Å². The molecule has 3 N–H and O–H groups in total. The van der Waals surface area contributed by atoms with Crippen molar-refractivity contribution in [3.63, 3.8) is 0 Å². The third-order valence-corrected chi connectivity index (χ3v) is 1.59. The molecule has 0 unspecified atom stereocenters. The Labute approximate surface area is 87.9 Å². The molecule has 0 saturated carbocycles. The Morgan fingerprint density at radius 2 is 2.13 bits per heavy atom. The van der Waals surface area contributed by atoms with Crippen molar-refractivity contribution in [3.05, 3.63) is 30.3 Å². The standard InChI is InChI=1S/C10H13N3O2/c1-8(7-11)12-13-10(14)15-9-5-3-2-4-6-9/h2-6H,7,11H2,1H3,(H,13,14)/b12-8+. The van der Waals surface area contributed by atoms with E-state index in [0.29, 0.717) is 18.0 Å². The molecule has 1 aromatic rings. The molecule has 0 aliphatic rings. The van der Waals surface area contributed by atoms with Gasteiger partial charge in [0.1, 0.15) is 5.75 Å². The quantitative estimate of drug-likeness (QED) is 0.575. The van der Waals surface area contributed by atoms with E-state index in [1.54, 1.807) is 31.2 Å². The lowest BCUT2D eigenvalue weighted by Gasteiger charge is -2.02. The number of carbonyl (C=O) groups is 1. The number of hydrogen-bond acceptors (Lipinski definition) is 4. The van der Waals surface area contributed by atoms with Gasteiger partial charge < -0.3 is 10.5 Å². The summed E-state index contributed by atoms with van der Waals surface area (Å²) < 4.78 is 4.91. The molecule has 0 heterocycles. The average Bonchev–Trinajstić information content (AvgIpc) is 2.27. The van der Waals surface area contributed by atoms with Crippen LogP contribution in [0.2, 0.25) is 0 Å². The van der Waals surface area contributed by atoms with Crippen molar-refractivity contribution in [3.8, 4) is 5.75 Å². The fraction of sp³-hybridized carbons (Fsp3) is 0.200. The van der Waals surface area contributed by atoms with E-state index in [0.717, 1.165) is 0 Å². The maximum absolute atomic E-state index is 11.2. The van der Waals surface area contributed by atoms with Gasteiger partial charge in [0.05, 0.1) is 0 Å². The highest BCUT2D eigenvalue weighted by Gasteiger charge is 2.01. The Morgan fingerprint density at radius 1 is 1.47 bits per heavy atom. The van der Waals surface area contributed by atoms with Crippen molar-refractivity contribution in [2.75, 3.05) is 6.54 Å². The lowest BCUT2D eigenvalue weighted by Crippen LogP contribution is -2.24. The minimum atomic E-state index is -0.631. The summed E-state index contributed by atoms with van der Waals surface area (Å²) in [5, 5.41) is 3.71. The summed E-state index contributed by atoms with van der Waals surface area (Å²) in [5.74, 6) is 0.468. The number of benzene rings is 1. The Hall–Kier alpha value is -1.88. The molecule has 0 bridgehead atoms. The first kappa shape index (κ1) is 11.2. The second-order valence-electron chi connectivity index (χ2n) is 2.87. The predicted octanol–water partition coefficient (Wildman–Crippen LogP) is 1.11. The van der Waals surface area contributed by atoms with E-state index < -0.39 is 6.09 Å². The smallest absolute Gasteiger partial charge is 0.409 e. The van der Waals surface area contributed by atoms with Gasteiger partial charge in [-0.25, -0.2) is 10.2 Å². The third-order valence-electron chi connectivity index (χ3n) is 1.59. The van der Waals surface area contributed by atoms with Crippen LogP contribution in [-0.2, 0) is 0 Å². The molecule has 5 heteroatoms. The summed E-state index contributed by atoms with van der Waals surface area (Å²) in [6.07, 6.45) is -0.631. The average molecular weight is 207 g/mol. The molecule has 1 amide bonds. The normalized spacial score (nSPS) is 10.9. The number of amides is 1. The largest absolute Gasteiger partial charge is 0.433 e. The number of nitrogens with two attached hydrogens (primary N) is 1. The third kappa shape index (κ3) is 4.24. The summed E-state index contributed by atoms with van der Waals surface area (Å²) in [4.78, 5) is 11.2. The van der Waals surface area contributed by atoms with Crippen molar-refractivity contribution in [1.29, 1.82) is 0 Å². The first-order chi connectivity index (χ1) is 7.22. The summed E-state index contributed by atoms with van der Waals surface area (Å²) in [7, 11) is 0. The van der Waals surface area contributed by atoms with Crippen LogP contribution in [0.15, 0.2) is 35.4 Å². The highest BCUT2D eigenvalue weighted by atomic mass is 16.6. The SMILES string of the molecule is C/C(CN)=N\NC(=O)Oc1ccccc1. The van der Waals surface area contributed by atoms with Gasteiger partial charge in [-0.3, -0.25) is 0 Å². The maximum Gasteiger partial charge on any atom is 0.433 e. The zero-order valence-electron chi connectivity index (χ0n) is 8.43. The molecular weight excluding hydrogens is 194 g/mol. The van der Waals surface area contributed by atoms with Crippen LogP contribution in [-0.4, -0.2) is 18.3 Å². The lowest BCUT2D eigenvalue weighted by atomic mass is 10.3. The molecule has 0 radical (unpaired) electrons. The van der Waals surface area contributed by atoms with Crippen molar-refractivity contribution < 1.29 is 9.53 Å². The van der Waals surface area contributed by atoms with Crippen molar-refractivity contribution in [1.82, 2.24) is 5.43 Å². The van der Waals surface area contributed by atoms with Gasteiger partial charge in [-0.1, -0.05) is 18.2 Å². The van der Waals surface area contributed by atoms with E-state index in [-0.39, 0.29) is 0 Å². The highest BCUT2D eigenvalue weighted by Crippen LogP contribution is 2.07. The summed E-state index contributed by atoms with van der Waals surface area (Å²) in [6, 6.07) is 8.74.